The molecule has 0 saturated carbocycles. The van der Waals surface area contributed by atoms with E-state index < -0.39 is 0 Å². The second-order valence-electron chi connectivity index (χ2n) is 6.88. The maximum absolute atomic E-state index is 5.85. The standard InChI is InChI=1S/C23H30O4/c1-24-15-17-26-13-11-23(12-14-27-18-16-25-2)21-9-5-3-7-19(21)20-8-4-6-10-22(20)23/h3-10H,11-18H2,1-2H3. The highest BCUT2D eigenvalue weighted by Gasteiger charge is 2.42. The Morgan fingerprint density at radius 2 is 1.04 bits per heavy atom. The molecule has 0 aromatic heterocycles. The van der Waals surface area contributed by atoms with Crippen molar-refractivity contribution in [2.24, 2.45) is 0 Å². The Morgan fingerprint density at radius 1 is 0.593 bits per heavy atom. The van der Waals surface area contributed by atoms with Crippen LogP contribution in [0.5, 0.6) is 0 Å². The van der Waals surface area contributed by atoms with E-state index in [1.54, 1.807) is 14.2 Å². The summed E-state index contributed by atoms with van der Waals surface area (Å²) in [6.45, 7) is 3.90. The normalized spacial score (nSPS) is 14.1. The van der Waals surface area contributed by atoms with Gasteiger partial charge in [0.25, 0.3) is 0 Å². The molecule has 1 aliphatic carbocycles. The van der Waals surface area contributed by atoms with E-state index in [2.05, 4.69) is 48.5 Å². The van der Waals surface area contributed by atoms with Crippen LogP contribution in [-0.2, 0) is 24.4 Å². The molecule has 0 radical (unpaired) electrons. The summed E-state index contributed by atoms with van der Waals surface area (Å²) in [5.41, 5.74) is 5.37. The van der Waals surface area contributed by atoms with Crippen LogP contribution in [0, 0.1) is 0 Å². The summed E-state index contributed by atoms with van der Waals surface area (Å²) < 4.78 is 21.9. The second kappa shape index (κ2) is 10.00. The smallest absolute Gasteiger partial charge is 0.0700 e. The molecule has 0 N–H and O–H groups in total. The number of methoxy groups -OCH3 is 2. The van der Waals surface area contributed by atoms with Gasteiger partial charge in [0.2, 0.25) is 0 Å². The summed E-state index contributed by atoms with van der Waals surface area (Å²) in [4.78, 5) is 0. The Kier molecular flexibility index (Phi) is 7.41. The minimum Gasteiger partial charge on any atom is -0.382 e. The molecular weight excluding hydrogens is 340 g/mol. The van der Waals surface area contributed by atoms with Gasteiger partial charge in [-0.3, -0.25) is 0 Å². The first-order chi connectivity index (χ1) is 13.3. The van der Waals surface area contributed by atoms with Crippen molar-refractivity contribution in [1.29, 1.82) is 0 Å². The van der Waals surface area contributed by atoms with Crippen LogP contribution >= 0.6 is 0 Å². The van der Waals surface area contributed by atoms with Crippen LogP contribution in [0.25, 0.3) is 11.1 Å². The van der Waals surface area contributed by atoms with Crippen molar-refractivity contribution in [1.82, 2.24) is 0 Å². The van der Waals surface area contributed by atoms with Gasteiger partial charge < -0.3 is 18.9 Å². The van der Waals surface area contributed by atoms with Gasteiger partial charge in [-0.15, -0.1) is 0 Å². The van der Waals surface area contributed by atoms with Crippen molar-refractivity contribution < 1.29 is 18.9 Å². The van der Waals surface area contributed by atoms with E-state index >= 15 is 0 Å². The summed E-state index contributed by atoms with van der Waals surface area (Å²) in [5.74, 6) is 0. The third-order valence-corrected chi connectivity index (χ3v) is 5.39. The summed E-state index contributed by atoms with van der Waals surface area (Å²) in [6, 6.07) is 17.5. The number of rotatable bonds is 12. The van der Waals surface area contributed by atoms with E-state index in [1.165, 1.54) is 22.3 Å². The Hall–Kier alpha value is -1.72. The van der Waals surface area contributed by atoms with Gasteiger partial charge in [0, 0.05) is 32.8 Å². The molecule has 146 valence electrons. The van der Waals surface area contributed by atoms with Crippen molar-refractivity contribution in [3.63, 3.8) is 0 Å². The molecule has 2 aromatic rings. The lowest BCUT2D eigenvalue weighted by Gasteiger charge is -2.32. The molecular formula is C23H30O4. The molecule has 0 unspecified atom stereocenters. The van der Waals surface area contributed by atoms with E-state index in [1.807, 2.05) is 0 Å². The second-order valence-corrected chi connectivity index (χ2v) is 6.88. The van der Waals surface area contributed by atoms with Crippen molar-refractivity contribution in [3.8, 4) is 11.1 Å². The van der Waals surface area contributed by atoms with Gasteiger partial charge in [0.15, 0.2) is 0 Å². The molecule has 0 aliphatic heterocycles. The van der Waals surface area contributed by atoms with Crippen molar-refractivity contribution in [2.75, 3.05) is 53.9 Å². The van der Waals surface area contributed by atoms with Crippen LogP contribution < -0.4 is 0 Å². The maximum atomic E-state index is 5.85. The molecule has 0 fully saturated rings. The van der Waals surface area contributed by atoms with Crippen LogP contribution in [0.1, 0.15) is 24.0 Å². The van der Waals surface area contributed by atoms with Crippen molar-refractivity contribution >= 4 is 0 Å². The van der Waals surface area contributed by atoms with Gasteiger partial charge in [0.05, 0.1) is 26.4 Å². The quantitative estimate of drug-likeness (QED) is 0.528. The fraction of sp³-hybridized carbons (Fsp3) is 0.478. The molecule has 4 nitrogen and oxygen atoms in total. The molecule has 1 aliphatic rings. The summed E-state index contributed by atoms with van der Waals surface area (Å²) in [6.07, 6.45) is 1.86. The third kappa shape index (κ3) is 4.41. The fourth-order valence-corrected chi connectivity index (χ4v) is 4.06. The minimum atomic E-state index is -0.0761. The molecule has 0 heterocycles. The number of benzene rings is 2. The van der Waals surface area contributed by atoms with Gasteiger partial charge in [-0.2, -0.15) is 0 Å². The molecule has 0 saturated heterocycles. The fourth-order valence-electron chi connectivity index (χ4n) is 4.06. The Labute approximate surface area is 162 Å². The van der Waals surface area contributed by atoms with Crippen LogP contribution in [0.3, 0.4) is 0 Å². The number of fused-ring (bicyclic) bond motifs is 3. The molecule has 0 bridgehead atoms. The minimum absolute atomic E-state index is 0.0761. The first-order valence-electron chi connectivity index (χ1n) is 9.66. The predicted molar refractivity (Wildman–Crippen MR) is 107 cm³/mol. The third-order valence-electron chi connectivity index (χ3n) is 5.39. The molecule has 3 rings (SSSR count). The summed E-state index contributed by atoms with van der Waals surface area (Å²) in [5, 5.41) is 0. The van der Waals surface area contributed by atoms with E-state index in [4.69, 9.17) is 18.9 Å². The Bertz CT molecular complexity index is 652. The monoisotopic (exact) mass is 370 g/mol. The lowest BCUT2D eigenvalue weighted by molar-refractivity contribution is 0.0491. The lowest BCUT2D eigenvalue weighted by atomic mass is 9.73. The van der Waals surface area contributed by atoms with E-state index in [0.29, 0.717) is 39.6 Å². The molecule has 27 heavy (non-hydrogen) atoms. The number of hydrogen-bond donors (Lipinski definition) is 0. The Balaban J connectivity index is 1.84. The largest absolute Gasteiger partial charge is 0.382 e. The van der Waals surface area contributed by atoms with Crippen molar-refractivity contribution in [3.05, 3.63) is 59.7 Å². The van der Waals surface area contributed by atoms with Crippen LogP contribution in [0.4, 0.5) is 0 Å². The van der Waals surface area contributed by atoms with E-state index in [-0.39, 0.29) is 5.41 Å². The van der Waals surface area contributed by atoms with Crippen LogP contribution in [0.2, 0.25) is 0 Å². The van der Waals surface area contributed by atoms with Gasteiger partial charge in [-0.1, -0.05) is 48.5 Å². The Morgan fingerprint density at radius 3 is 1.48 bits per heavy atom. The first-order valence-corrected chi connectivity index (χ1v) is 9.66. The van der Waals surface area contributed by atoms with Crippen molar-refractivity contribution in [2.45, 2.75) is 18.3 Å². The average Bonchev–Trinajstić information content (AvgIpc) is 2.99. The average molecular weight is 370 g/mol. The lowest BCUT2D eigenvalue weighted by Crippen LogP contribution is -2.29. The molecule has 0 spiro atoms. The SMILES string of the molecule is COCCOCCC1(CCOCCOC)c2ccccc2-c2ccccc21. The van der Waals surface area contributed by atoms with Gasteiger partial charge in [0.1, 0.15) is 0 Å². The van der Waals surface area contributed by atoms with E-state index in [9.17, 15) is 0 Å². The molecule has 2 aromatic carbocycles. The van der Waals surface area contributed by atoms with Crippen LogP contribution in [-0.4, -0.2) is 53.9 Å². The number of ether oxygens (including phenoxy) is 4. The predicted octanol–water partition coefficient (Wildman–Crippen LogP) is 4.06. The highest BCUT2D eigenvalue weighted by Crippen LogP contribution is 2.52. The molecule has 0 amide bonds. The highest BCUT2D eigenvalue weighted by molar-refractivity contribution is 5.80. The first kappa shape index (κ1) is 20.0. The van der Waals surface area contributed by atoms with Gasteiger partial charge >= 0.3 is 0 Å². The maximum Gasteiger partial charge on any atom is 0.0700 e. The summed E-state index contributed by atoms with van der Waals surface area (Å²) in [7, 11) is 3.40. The van der Waals surface area contributed by atoms with Gasteiger partial charge in [-0.25, -0.2) is 0 Å². The molecule has 4 heteroatoms. The van der Waals surface area contributed by atoms with Crippen LogP contribution in [0.15, 0.2) is 48.5 Å². The molecule has 0 atom stereocenters. The zero-order chi connectivity index (χ0) is 19.0. The zero-order valence-corrected chi connectivity index (χ0v) is 16.4. The van der Waals surface area contributed by atoms with E-state index in [0.717, 1.165) is 12.8 Å². The topological polar surface area (TPSA) is 36.9 Å². The zero-order valence-electron chi connectivity index (χ0n) is 16.4. The summed E-state index contributed by atoms with van der Waals surface area (Å²) >= 11 is 0. The highest BCUT2D eigenvalue weighted by atomic mass is 16.5. The number of hydrogen-bond acceptors (Lipinski definition) is 4. The van der Waals surface area contributed by atoms with Gasteiger partial charge in [-0.05, 0) is 35.1 Å².